The van der Waals surface area contributed by atoms with Crippen LogP contribution in [0.25, 0.3) is 0 Å². The van der Waals surface area contributed by atoms with E-state index >= 15 is 0 Å². The quantitative estimate of drug-likeness (QED) is 0.733. The van der Waals surface area contributed by atoms with Gasteiger partial charge in [0.05, 0.1) is 18.6 Å². The zero-order chi connectivity index (χ0) is 13.5. The van der Waals surface area contributed by atoms with E-state index in [-0.39, 0.29) is 5.75 Å². The van der Waals surface area contributed by atoms with Crippen molar-refractivity contribution in [2.75, 3.05) is 6.54 Å². The van der Waals surface area contributed by atoms with Crippen LogP contribution in [0.15, 0.2) is 29.1 Å². The van der Waals surface area contributed by atoms with Crippen LogP contribution in [-0.4, -0.2) is 22.3 Å². The fraction of sp³-hybridized carbons (Fsp3) is 0.417. The van der Waals surface area contributed by atoms with Crippen LogP contribution >= 0.6 is 11.8 Å². The summed E-state index contributed by atoms with van der Waals surface area (Å²) in [6.07, 6.45) is 4.29. The van der Waals surface area contributed by atoms with Gasteiger partial charge in [-0.15, -0.1) is 0 Å². The second kappa shape index (κ2) is 7.30. The Hall–Kier alpha value is -1.34. The number of imidazole rings is 1. The van der Waals surface area contributed by atoms with E-state index in [4.69, 9.17) is 4.42 Å². The van der Waals surface area contributed by atoms with Crippen molar-refractivity contribution in [3.8, 4) is 0 Å². The number of furan rings is 1. The Balaban J connectivity index is 1.65. The van der Waals surface area contributed by atoms with Crippen molar-refractivity contribution in [3.05, 3.63) is 41.9 Å². The molecule has 0 radical (unpaired) electrons. The predicted molar refractivity (Wildman–Crippen MR) is 70.0 cm³/mol. The number of nitrogens with zero attached hydrogens (tertiary/aromatic N) is 1. The minimum absolute atomic E-state index is 0.200. The van der Waals surface area contributed by atoms with Crippen LogP contribution in [0.2, 0.25) is 0 Å². The van der Waals surface area contributed by atoms with Gasteiger partial charge in [0.2, 0.25) is 0 Å². The molecule has 0 aliphatic heterocycles. The van der Waals surface area contributed by atoms with Gasteiger partial charge in [0.1, 0.15) is 11.5 Å². The van der Waals surface area contributed by atoms with Gasteiger partial charge >= 0.3 is 0 Å². The van der Waals surface area contributed by atoms with Gasteiger partial charge in [-0.1, -0.05) is 11.8 Å². The summed E-state index contributed by atoms with van der Waals surface area (Å²) in [4.78, 5) is 6.95. The number of nitrogens with one attached hydrogen (secondary N) is 2. The molecule has 104 valence electrons. The maximum Gasteiger partial charge on any atom is 0.284 e. The van der Waals surface area contributed by atoms with Crippen LogP contribution in [0.3, 0.4) is 0 Å². The predicted octanol–water partition coefficient (Wildman–Crippen LogP) is 2.79. The topological polar surface area (TPSA) is 53.9 Å². The van der Waals surface area contributed by atoms with E-state index < -0.39 is 5.76 Å². The molecule has 7 heteroatoms. The van der Waals surface area contributed by atoms with Crippen molar-refractivity contribution >= 4 is 11.8 Å². The number of halogens is 2. The number of rotatable bonds is 8. The van der Waals surface area contributed by atoms with E-state index in [1.165, 1.54) is 0 Å². The summed E-state index contributed by atoms with van der Waals surface area (Å²) in [5, 5.41) is 3.22. The van der Waals surface area contributed by atoms with Crippen LogP contribution in [-0.2, 0) is 18.7 Å². The number of aromatic amines is 1. The second-order valence-electron chi connectivity index (χ2n) is 3.94. The van der Waals surface area contributed by atoms with Gasteiger partial charge in [0.25, 0.3) is 5.76 Å². The molecule has 0 fully saturated rings. The van der Waals surface area contributed by atoms with E-state index in [1.807, 2.05) is 6.07 Å². The molecule has 0 amide bonds. The maximum atomic E-state index is 12.0. The third-order valence-electron chi connectivity index (χ3n) is 2.49. The molecule has 0 aliphatic rings. The number of aromatic nitrogens is 2. The van der Waals surface area contributed by atoms with Crippen molar-refractivity contribution < 1.29 is 13.2 Å². The third-order valence-corrected chi connectivity index (χ3v) is 3.20. The van der Waals surface area contributed by atoms with Crippen LogP contribution in [0, 0.1) is 0 Å². The molecule has 0 bridgehead atoms. The van der Waals surface area contributed by atoms with Crippen molar-refractivity contribution in [2.24, 2.45) is 0 Å². The van der Waals surface area contributed by atoms with E-state index in [1.54, 1.807) is 18.6 Å². The standard InChI is InChI=1S/C12H15F2N3OS/c13-12(14)19-7-11-2-1-10(18-11)6-15-4-3-9-5-16-8-17-9/h1-2,5,8,12,15H,3-4,6-7H2,(H,16,17). The van der Waals surface area contributed by atoms with Gasteiger partial charge in [-0.3, -0.25) is 0 Å². The molecule has 2 rings (SSSR count). The Labute approximate surface area is 114 Å². The average Bonchev–Trinajstić information content (AvgIpc) is 3.04. The molecule has 2 N–H and O–H groups in total. The van der Waals surface area contributed by atoms with E-state index in [0.29, 0.717) is 24.1 Å². The summed E-state index contributed by atoms with van der Waals surface area (Å²) in [7, 11) is 0. The highest BCUT2D eigenvalue weighted by Crippen LogP contribution is 2.21. The average molecular weight is 287 g/mol. The van der Waals surface area contributed by atoms with Gasteiger partial charge in [0.15, 0.2) is 0 Å². The maximum absolute atomic E-state index is 12.0. The van der Waals surface area contributed by atoms with Gasteiger partial charge in [-0.2, -0.15) is 8.78 Å². The largest absolute Gasteiger partial charge is 0.464 e. The molecular formula is C12H15F2N3OS. The van der Waals surface area contributed by atoms with Gasteiger partial charge in [-0.25, -0.2) is 4.98 Å². The normalized spacial score (nSPS) is 11.3. The highest BCUT2D eigenvalue weighted by molar-refractivity contribution is 7.98. The summed E-state index contributed by atoms with van der Waals surface area (Å²) < 4.78 is 29.5. The van der Waals surface area contributed by atoms with Crippen molar-refractivity contribution in [2.45, 2.75) is 24.5 Å². The van der Waals surface area contributed by atoms with E-state index in [9.17, 15) is 8.78 Å². The van der Waals surface area contributed by atoms with Crippen molar-refractivity contribution in [3.63, 3.8) is 0 Å². The summed E-state index contributed by atoms with van der Waals surface area (Å²) in [5.41, 5.74) is 1.07. The SMILES string of the molecule is FC(F)SCc1ccc(CNCCc2cnc[nH]2)o1. The molecule has 2 aromatic heterocycles. The summed E-state index contributed by atoms with van der Waals surface area (Å²) in [6.45, 7) is 1.39. The first-order chi connectivity index (χ1) is 9.24. The highest BCUT2D eigenvalue weighted by atomic mass is 32.2. The fourth-order valence-corrected chi connectivity index (χ4v) is 2.04. The van der Waals surface area contributed by atoms with Crippen LogP contribution in [0.4, 0.5) is 8.78 Å². The zero-order valence-electron chi connectivity index (χ0n) is 10.2. The summed E-state index contributed by atoms with van der Waals surface area (Å²) >= 11 is 0.566. The number of alkyl halides is 2. The van der Waals surface area contributed by atoms with Gasteiger partial charge in [-0.05, 0) is 12.1 Å². The van der Waals surface area contributed by atoms with E-state index in [0.717, 1.165) is 24.4 Å². The minimum Gasteiger partial charge on any atom is -0.464 e. The number of hydrogen-bond acceptors (Lipinski definition) is 4. The Kier molecular flexibility index (Phi) is 5.41. The van der Waals surface area contributed by atoms with Crippen molar-refractivity contribution in [1.29, 1.82) is 0 Å². The Morgan fingerprint density at radius 3 is 2.95 bits per heavy atom. The first kappa shape index (κ1) is 14.1. The molecule has 0 unspecified atom stereocenters. The minimum atomic E-state index is -2.36. The number of hydrogen-bond donors (Lipinski definition) is 2. The van der Waals surface area contributed by atoms with E-state index in [2.05, 4.69) is 15.3 Å². The van der Waals surface area contributed by atoms with Crippen molar-refractivity contribution in [1.82, 2.24) is 15.3 Å². The smallest absolute Gasteiger partial charge is 0.284 e. The molecule has 0 atom stereocenters. The lowest BCUT2D eigenvalue weighted by atomic mass is 10.3. The summed E-state index contributed by atoms with van der Waals surface area (Å²) in [6, 6.07) is 3.55. The lowest BCUT2D eigenvalue weighted by Gasteiger charge is -2.01. The molecule has 0 aliphatic carbocycles. The fourth-order valence-electron chi connectivity index (χ4n) is 1.60. The lowest BCUT2D eigenvalue weighted by molar-refractivity contribution is 0.251. The molecule has 0 aromatic carbocycles. The van der Waals surface area contributed by atoms with Gasteiger partial charge in [0, 0.05) is 24.9 Å². The first-order valence-corrected chi connectivity index (χ1v) is 6.94. The Morgan fingerprint density at radius 1 is 1.37 bits per heavy atom. The molecule has 19 heavy (non-hydrogen) atoms. The monoisotopic (exact) mass is 287 g/mol. The third kappa shape index (κ3) is 5.04. The zero-order valence-corrected chi connectivity index (χ0v) is 11.1. The highest BCUT2D eigenvalue weighted by Gasteiger charge is 2.07. The molecule has 0 saturated heterocycles. The first-order valence-electron chi connectivity index (χ1n) is 5.89. The van der Waals surface area contributed by atoms with Gasteiger partial charge < -0.3 is 14.7 Å². The lowest BCUT2D eigenvalue weighted by Crippen LogP contribution is -2.16. The van der Waals surface area contributed by atoms with Crippen LogP contribution < -0.4 is 5.32 Å². The Morgan fingerprint density at radius 2 is 2.21 bits per heavy atom. The molecular weight excluding hydrogens is 272 g/mol. The number of thioether (sulfide) groups is 1. The number of H-pyrrole nitrogens is 1. The molecule has 0 saturated carbocycles. The van der Waals surface area contributed by atoms with Crippen LogP contribution in [0.5, 0.6) is 0 Å². The molecule has 2 aromatic rings. The summed E-state index contributed by atoms with van der Waals surface area (Å²) in [5.74, 6) is -0.822. The Bertz CT molecular complexity index is 473. The molecule has 0 spiro atoms. The molecule has 2 heterocycles. The molecule has 4 nitrogen and oxygen atoms in total. The second-order valence-corrected chi connectivity index (χ2v) is 4.92. The van der Waals surface area contributed by atoms with Crippen LogP contribution in [0.1, 0.15) is 17.2 Å².